The average molecular weight is 1050 g/mol. The molecule has 6 aliphatic rings. The van der Waals surface area contributed by atoms with Crippen molar-refractivity contribution < 1.29 is 9.47 Å². The highest BCUT2D eigenvalue weighted by Crippen LogP contribution is 2.32. The molecule has 6 heterocycles. The van der Waals surface area contributed by atoms with E-state index in [0.29, 0.717) is 12.1 Å². The second-order valence-electron chi connectivity index (χ2n) is 19.1. The van der Waals surface area contributed by atoms with Gasteiger partial charge in [0.15, 0.2) is 0 Å². The number of H-pyrrole nitrogens is 2. The highest BCUT2D eigenvalue weighted by Gasteiger charge is 2.30. The second-order valence-corrected chi connectivity index (χ2v) is 20.0. The van der Waals surface area contributed by atoms with Crippen LogP contribution < -0.4 is 32.5 Å². The number of aromatic nitrogens is 4. The maximum absolute atomic E-state index is 13.0. The number of benzene rings is 2. The molecule has 0 bridgehead atoms. The fraction of sp³-hybridized carbons (Fsp3) is 0.698. The van der Waals surface area contributed by atoms with Crippen LogP contribution in [0.2, 0.25) is 0 Å². The van der Waals surface area contributed by atoms with E-state index in [-0.39, 0.29) is 46.8 Å². The number of aromatic amines is 2. The molecule has 0 spiro atoms. The molecule has 16 heteroatoms. The summed E-state index contributed by atoms with van der Waals surface area (Å²) in [4.78, 5) is 63.4. The number of hydrogen-bond acceptors (Lipinski definition) is 10. The largest absolute Gasteiger partial charge is 0.379 e. The maximum atomic E-state index is 13.0. The van der Waals surface area contributed by atoms with E-state index < -0.39 is 22.2 Å². The van der Waals surface area contributed by atoms with E-state index in [9.17, 15) is 19.2 Å². The average Bonchev–Trinajstić information content (AvgIpc) is 3.31. The normalized spacial score (nSPS) is 20.9. The van der Waals surface area contributed by atoms with E-state index in [1.165, 1.54) is 89.9 Å². The molecule has 4 aromatic rings. The molecular weight excluding hydrogens is 960 g/mol. The monoisotopic (exact) mass is 1040 g/mol. The number of likely N-dealkylation sites (tertiary alicyclic amines) is 2. The fourth-order valence-corrected chi connectivity index (χ4v) is 11.6. The van der Waals surface area contributed by atoms with Gasteiger partial charge >= 0.3 is 22.2 Å². The van der Waals surface area contributed by atoms with Gasteiger partial charge in [-0.25, -0.2) is 0 Å². The summed E-state index contributed by atoms with van der Waals surface area (Å²) in [6.45, 7) is 11.0. The summed E-state index contributed by atoms with van der Waals surface area (Å²) in [5, 5.41) is 3.16. The molecule has 0 amide bonds. The van der Waals surface area contributed by atoms with E-state index >= 15 is 0 Å². The van der Waals surface area contributed by atoms with Gasteiger partial charge in [-0.15, -0.1) is 12.4 Å². The van der Waals surface area contributed by atoms with Gasteiger partial charge in [0.25, 0.3) is 0 Å². The van der Waals surface area contributed by atoms with Crippen molar-refractivity contribution in [1.82, 2.24) is 34.2 Å². The van der Waals surface area contributed by atoms with Crippen molar-refractivity contribution in [3.63, 3.8) is 0 Å². The third-order valence-corrected chi connectivity index (χ3v) is 15.4. The zero-order chi connectivity index (χ0) is 45.0. The van der Waals surface area contributed by atoms with Gasteiger partial charge < -0.3 is 39.5 Å². The predicted octanol–water partition coefficient (Wildman–Crippen LogP) is 9.41. The lowest BCUT2D eigenvalue weighted by Gasteiger charge is -2.39. The molecule has 2 aromatic heterocycles. The van der Waals surface area contributed by atoms with Gasteiger partial charge in [0.2, 0.25) is 0 Å². The Bertz CT molecular complexity index is 2350. The Morgan fingerprint density at radius 2 is 0.884 bits per heavy atom. The van der Waals surface area contributed by atoms with Crippen LogP contribution in [0.15, 0.2) is 60.0 Å². The summed E-state index contributed by atoms with van der Waals surface area (Å²) in [5.41, 5.74) is 2.35. The zero-order valence-corrected chi connectivity index (χ0v) is 41.4. The van der Waals surface area contributed by atoms with Crippen molar-refractivity contribution in [2.24, 2.45) is 0 Å². The van der Waals surface area contributed by atoms with Crippen LogP contribution in [0.4, 0.5) is 5.69 Å². The van der Waals surface area contributed by atoms with E-state index in [4.69, 9.17) is 9.47 Å². The van der Waals surface area contributed by atoms with Gasteiger partial charge in [0.05, 0.1) is 48.5 Å². The lowest BCUT2D eigenvalue weighted by Crippen LogP contribution is -2.45. The first-order valence-corrected chi connectivity index (χ1v) is 26.0. The molecule has 6 fully saturated rings. The van der Waals surface area contributed by atoms with E-state index in [0.717, 1.165) is 137 Å². The summed E-state index contributed by atoms with van der Waals surface area (Å²) < 4.78 is 15.0. The van der Waals surface area contributed by atoms with Gasteiger partial charge in [-0.1, -0.05) is 102 Å². The molecule has 10 rings (SSSR count). The highest BCUT2D eigenvalue weighted by molar-refractivity contribution is 9.10. The highest BCUT2D eigenvalue weighted by atomic mass is 79.9. The molecule has 4 aliphatic heterocycles. The molecule has 2 saturated carbocycles. The quantitative estimate of drug-likeness (QED) is 0.165. The molecule has 69 heavy (non-hydrogen) atoms. The van der Waals surface area contributed by atoms with Gasteiger partial charge in [0, 0.05) is 86.7 Å². The minimum atomic E-state index is -0.521. The Labute approximate surface area is 425 Å². The Morgan fingerprint density at radius 3 is 1.30 bits per heavy atom. The van der Waals surface area contributed by atoms with Crippen molar-refractivity contribution >= 4 is 56.1 Å². The Hall–Kier alpha value is -3.31. The molecule has 3 N–H and O–H groups in total. The number of morpholine rings is 2. The number of ether oxygens (including phenoxy) is 2. The van der Waals surface area contributed by atoms with Crippen molar-refractivity contribution in [3.8, 4) is 0 Å². The third kappa shape index (κ3) is 15.4. The lowest BCUT2D eigenvalue weighted by molar-refractivity contribution is 0.109. The first kappa shape index (κ1) is 58.3. The summed E-state index contributed by atoms with van der Waals surface area (Å²) in [6, 6.07) is 13.3. The molecule has 0 atom stereocenters. The second kappa shape index (κ2) is 29.3. The molecule has 2 aliphatic carbocycles. The van der Waals surface area contributed by atoms with E-state index in [1.807, 2.05) is 30.3 Å². The number of fused-ring (bicyclic) bond motifs is 2. The van der Waals surface area contributed by atoms with E-state index in [1.54, 1.807) is 9.13 Å². The minimum absolute atomic E-state index is 0. The van der Waals surface area contributed by atoms with Crippen LogP contribution in [0.5, 0.6) is 0 Å². The van der Waals surface area contributed by atoms with Crippen LogP contribution in [0.3, 0.4) is 0 Å². The molecule has 14 nitrogen and oxygen atoms in total. The van der Waals surface area contributed by atoms with E-state index in [2.05, 4.69) is 52.0 Å². The third-order valence-electron chi connectivity index (χ3n) is 14.9. The van der Waals surface area contributed by atoms with Gasteiger partial charge in [-0.3, -0.25) is 28.3 Å². The zero-order valence-electron chi connectivity index (χ0n) is 39.0. The molecule has 4 saturated heterocycles. The summed E-state index contributed by atoms with van der Waals surface area (Å²) in [5.74, 6) is 0. The first-order chi connectivity index (χ1) is 31.8. The van der Waals surface area contributed by atoms with Crippen molar-refractivity contribution in [2.75, 3.05) is 83.7 Å². The number of nitrogens with one attached hydrogen (secondary N) is 3. The van der Waals surface area contributed by atoms with Crippen LogP contribution in [-0.4, -0.2) is 120 Å². The smallest absolute Gasteiger partial charge is 0.316 e. The first-order valence-electron chi connectivity index (χ1n) is 25.2. The number of rotatable bonds is 5. The molecular formula is C53H86BrClN8O6. The maximum Gasteiger partial charge on any atom is 0.316 e. The molecule has 2 aromatic carbocycles. The number of halogens is 2. The molecule has 0 unspecified atom stereocenters. The predicted molar refractivity (Wildman–Crippen MR) is 291 cm³/mol. The SMILES string of the molecule is C.C.C.C1COCCN1.Cl.O=c1[nH]c2ccc(Br)cc2n(C2CCN(C3CCCCCCC3)CC2)c1=O.O=c1[nH]c2ccc(N3CCOCC3)cc2n(C2CCN(C3CCCCCCC3)CC2)c1=O. The summed E-state index contributed by atoms with van der Waals surface area (Å²) in [6.07, 6.45) is 22.6. The van der Waals surface area contributed by atoms with Gasteiger partial charge in [-0.05, 0) is 87.8 Å². The molecule has 0 radical (unpaired) electrons. The Kier molecular flexibility index (Phi) is 24.7. The van der Waals surface area contributed by atoms with Crippen LogP contribution in [0.1, 0.15) is 150 Å². The molecule has 388 valence electrons. The Morgan fingerprint density at radius 1 is 0.478 bits per heavy atom. The number of hydrogen-bond donors (Lipinski definition) is 3. The summed E-state index contributed by atoms with van der Waals surface area (Å²) in [7, 11) is 0. The number of anilines is 1. The van der Waals surface area contributed by atoms with Crippen LogP contribution in [-0.2, 0) is 9.47 Å². The number of nitrogens with zero attached hydrogens (tertiary/aromatic N) is 5. The number of piperidine rings is 2. The topological polar surface area (TPSA) is 150 Å². The van der Waals surface area contributed by atoms with Crippen molar-refractivity contribution in [3.05, 3.63) is 82.3 Å². The van der Waals surface area contributed by atoms with Gasteiger partial charge in [0.1, 0.15) is 0 Å². The fourth-order valence-electron chi connectivity index (χ4n) is 11.3. The standard InChI is InChI=1S/C25H36N4O3.C21H28BrN3O2.C4H9NO.3CH4.ClH/c30-24-25(31)29(20-10-12-27(13-11-20)19-6-4-2-1-3-5-7-19)23-18-21(8-9-22(23)26-24)28-14-16-32-17-15-28;22-15-8-9-18-19(14-15)25(21(27)20(26)23-18)17-10-12-24(13-11-17)16-6-4-2-1-3-5-7-16;1-3-6-4-2-5-1;;;;/h8-9,18-20H,1-7,10-17H2,(H,26,30);8-9,14,16-17H,1-7,10-13H2,(H,23,26);5H,1-4H2;3*1H4;1H. The van der Waals surface area contributed by atoms with Crippen molar-refractivity contribution in [2.45, 2.75) is 162 Å². The van der Waals surface area contributed by atoms with Crippen LogP contribution in [0, 0.1) is 0 Å². The minimum Gasteiger partial charge on any atom is -0.379 e. The van der Waals surface area contributed by atoms with Crippen molar-refractivity contribution in [1.29, 1.82) is 0 Å². The Balaban J connectivity index is 0.000000257. The van der Waals surface area contributed by atoms with Crippen LogP contribution in [0.25, 0.3) is 22.1 Å². The summed E-state index contributed by atoms with van der Waals surface area (Å²) >= 11 is 3.49. The lowest BCUT2D eigenvalue weighted by atomic mass is 9.93. The van der Waals surface area contributed by atoms with Gasteiger partial charge in [-0.2, -0.15) is 0 Å². The van der Waals surface area contributed by atoms with Crippen LogP contribution >= 0.6 is 28.3 Å².